The van der Waals surface area contributed by atoms with Crippen LogP contribution in [0, 0.1) is 20.2 Å². The first-order chi connectivity index (χ1) is 12.5. The van der Waals surface area contributed by atoms with Gasteiger partial charge in [-0.15, -0.1) is 0 Å². The number of amides is 1. The van der Waals surface area contributed by atoms with E-state index in [1.807, 2.05) is 12.1 Å². The van der Waals surface area contributed by atoms with Crippen LogP contribution in [0.4, 0.5) is 11.4 Å². The molecule has 1 N–H and O–H groups in total. The Morgan fingerprint density at radius 1 is 0.923 bits per heavy atom. The van der Waals surface area contributed by atoms with Crippen LogP contribution in [0.25, 0.3) is 0 Å². The first-order valence-corrected chi connectivity index (χ1v) is 8.01. The number of nitrogens with one attached hydrogen (secondary N) is 1. The molecule has 0 aromatic heterocycles. The summed E-state index contributed by atoms with van der Waals surface area (Å²) in [5.41, 5.74) is 3.85. The first-order valence-electron chi connectivity index (χ1n) is 8.01. The number of carbonyl (C=O) groups is 1. The fourth-order valence-electron chi connectivity index (χ4n) is 2.95. The number of nitro groups is 2. The minimum Gasteiger partial charge on any atom is -0.285 e. The van der Waals surface area contributed by atoms with Gasteiger partial charge in [0.25, 0.3) is 5.91 Å². The van der Waals surface area contributed by atoms with Crippen molar-refractivity contribution in [1.29, 1.82) is 0 Å². The lowest BCUT2D eigenvalue weighted by atomic mass is 10.0. The van der Waals surface area contributed by atoms with Gasteiger partial charge in [0, 0.05) is 30.8 Å². The summed E-state index contributed by atoms with van der Waals surface area (Å²) in [5.74, 6) is -0.533. The van der Waals surface area contributed by atoms with E-state index >= 15 is 0 Å². The number of carbonyl (C=O) groups excluding carboxylic acids is 1. The van der Waals surface area contributed by atoms with Gasteiger partial charge in [0.05, 0.1) is 9.85 Å². The fraction of sp³-hybridized carbons (Fsp3) is 0.235. The lowest BCUT2D eigenvalue weighted by molar-refractivity contribution is -0.422. The van der Waals surface area contributed by atoms with Crippen molar-refractivity contribution in [2.75, 3.05) is 13.1 Å². The van der Waals surface area contributed by atoms with Gasteiger partial charge in [-0.1, -0.05) is 24.3 Å². The van der Waals surface area contributed by atoms with Crippen LogP contribution in [0.3, 0.4) is 0 Å². The monoisotopic (exact) mass is 356 g/mol. The van der Waals surface area contributed by atoms with Crippen LogP contribution >= 0.6 is 0 Å². The Balaban J connectivity index is 1.73. The number of hydrogen-bond acceptors (Lipinski definition) is 6. The highest BCUT2D eigenvalue weighted by Gasteiger charge is 2.26. The van der Waals surface area contributed by atoms with Crippen molar-refractivity contribution in [3.05, 3.63) is 79.4 Å². The standard InChI is InChI=1S/C17H16N4O5/c22-17(14-5-6-15(20(23)24)16(11-14)21(25)26)18-19-9-7-12-3-1-2-4-13(12)8-10-19/h1-6,11H,7-10H2,(H,18,22). The highest BCUT2D eigenvalue weighted by atomic mass is 16.6. The maximum Gasteiger partial charge on any atom is 0.346 e. The SMILES string of the molecule is O=C(NN1CCc2ccccc2CC1)c1ccc([N+](=O)[O-])c([N+](=O)[O-])c1. The van der Waals surface area contributed by atoms with Gasteiger partial charge in [0.15, 0.2) is 0 Å². The third-order valence-electron chi connectivity index (χ3n) is 4.31. The van der Waals surface area contributed by atoms with Gasteiger partial charge >= 0.3 is 11.4 Å². The summed E-state index contributed by atoms with van der Waals surface area (Å²) >= 11 is 0. The van der Waals surface area contributed by atoms with Gasteiger partial charge in [-0.3, -0.25) is 30.4 Å². The maximum atomic E-state index is 12.4. The van der Waals surface area contributed by atoms with E-state index in [9.17, 15) is 25.0 Å². The molecule has 0 fully saturated rings. The Kier molecular flexibility index (Phi) is 4.90. The van der Waals surface area contributed by atoms with E-state index in [-0.39, 0.29) is 5.56 Å². The average Bonchev–Trinajstić information content (AvgIpc) is 2.83. The van der Waals surface area contributed by atoms with Gasteiger partial charge in [-0.05, 0) is 30.0 Å². The number of rotatable bonds is 4. The molecule has 0 unspecified atom stereocenters. The molecule has 134 valence electrons. The van der Waals surface area contributed by atoms with Crippen molar-refractivity contribution >= 4 is 17.3 Å². The molecule has 0 aliphatic carbocycles. The second kappa shape index (κ2) is 7.28. The number of benzene rings is 2. The molecular formula is C17H16N4O5. The molecule has 1 amide bonds. The summed E-state index contributed by atoms with van der Waals surface area (Å²) in [6.07, 6.45) is 1.55. The number of nitro benzene ring substituents is 2. The Bertz CT molecular complexity index is 856. The molecule has 1 aliphatic heterocycles. The molecule has 9 nitrogen and oxygen atoms in total. The Morgan fingerprint density at radius 2 is 1.50 bits per heavy atom. The highest BCUT2D eigenvalue weighted by Crippen LogP contribution is 2.27. The minimum absolute atomic E-state index is 0.00376. The number of hydrogen-bond donors (Lipinski definition) is 1. The highest BCUT2D eigenvalue weighted by molar-refractivity contribution is 5.95. The lowest BCUT2D eigenvalue weighted by Crippen LogP contribution is -2.43. The van der Waals surface area contributed by atoms with E-state index < -0.39 is 27.1 Å². The molecule has 0 spiro atoms. The predicted octanol–water partition coefficient (Wildman–Crippen LogP) is 2.25. The van der Waals surface area contributed by atoms with Crippen LogP contribution in [0.5, 0.6) is 0 Å². The first kappa shape index (κ1) is 17.5. The fourth-order valence-corrected chi connectivity index (χ4v) is 2.95. The third-order valence-corrected chi connectivity index (χ3v) is 4.31. The number of fused-ring (bicyclic) bond motifs is 1. The quantitative estimate of drug-likeness (QED) is 0.663. The molecule has 0 bridgehead atoms. The van der Waals surface area contributed by atoms with E-state index in [0.717, 1.165) is 25.0 Å². The summed E-state index contributed by atoms with van der Waals surface area (Å²) in [7, 11) is 0. The Morgan fingerprint density at radius 3 is 2.04 bits per heavy atom. The predicted molar refractivity (Wildman–Crippen MR) is 92.6 cm³/mol. The van der Waals surface area contributed by atoms with E-state index in [1.165, 1.54) is 17.2 Å². The molecule has 2 aromatic rings. The zero-order valence-electron chi connectivity index (χ0n) is 13.8. The van der Waals surface area contributed by atoms with Crippen LogP contribution in [0.15, 0.2) is 42.5 Å². The summed E-state index contributed by atoms with van der Waals surface area (Å²) in [4.78, 5) is 32.6. The molecular weight excluding hydrogens is 340 g/mol. The van der Waals surface area contributed by atoms with Crippen LogP contribution in [-0.4, -0.2) is 33.9 Å². The van der Waals surface area contributed by atoms with Gasteiger partial charge in [0.1, 0.15) is 0 Å². The molecule has 26 heavy (non-hydrogen) atoms. The molecule has 0 radical (unpaired) electrons. The topological polar surface area (TPSA) is 119 Å². The molecule has 2 aromatic carbocycles. The van der Waals surface area contributed by atoms with Crippen molar-refractivity contribution < 1.29 is 14.6 Å². The van der Waals surface area contributed by atoms with E-state index in [4.69, 9.17) is 0 Å². The molecule has 0 atom stereocenters. The third kappa shape index (κ3) is 3.67. The summed E-state index contributed by atoms with van der Waals surface area (Å²) < 4.78 is 0. The lowest BCUT2D eigenvalue weighted by Gasteiger charge is -2.20. The largest absolute Gasteiger partial charge is 0.346 e. The van der Waals surface area contributed by atoms with Crippen LogP contribution < -0.4 is 5.43 Å². The van der Waals surface area contributed by atoms with E-state index in [0.29, 0.717) is 13.1 Å². The molecule has 1 aliphatic rings. The zero-order valence-corrected chi connectivity index (χ0v) is 13.8. The van der Waals surface area contributed by atoms with Crippen molar-refractivity contribution in [2.45, 2.75) is 12.8 Å². The zero-order chi connectivity index (χ0) is 18.7. The van der Waals surface area contributed by atoms with Gasteiger partial charge in [-0.2, -0.15) is 0 Å². The molecule has 1 heterocycles. The Hall–Kier alpha value is -3.33. The van der Waals surface area contributed by atoms with Crippen molar-refractivity contribution in [2.24, 2.45) is 0 Å². The second-order valence-electron chi connectivity index (χ2n) is 5.91. The van der Waals surface area contributed by atoms with Crippen molar-refractivity contribution in [3.8, 4) is 0 Å². The normalized spacial score (nSPS) is 14.2. The summed E-state index contributed by atoms with van der Waals surface area (Å²) in [6.45, 7) is 1.22. The molecule has 9 heteroatoms. The Labute approximate surface area is 148 Å². The van der Waals surface area contributed by atoms with Gasteiger partial charge in [-0.25, -0.2) is 5.01 Å². The van der Waals surface area contributed by atoms with E-state index in [1.54, 1.807) is 5.01 Å². The van der Waals surface area contributed by atoms with Crippen LogP contribution in [0.2, 0.25) is 0 Å². The molecule has 0 saturated heterocycles. The van der Waals surface area contributed by atoms with E-state index in [2.05, 4.69) is 17.6 Å². The number of nitrogens with zero attached hydrogens (tertiary/aromatic N) is 3. The van der Waals surface area contributed by atoms with Crippen molar-refractivity contribution in [1.82, 2.24) is 10.4 Å². The van der Waals surface area contributed by atoms with Gasteiger partial charge < -0.3 is 0 Å². The van der Waals surface area contributed by atoms with Crippen molar-refractivity contribution in [3.63, 3.8) is 0 Å². The summed E-state index contributed by atoms with van der Waals surface area (Å²) in [6, 6.07) is 11.2. The number of hydrazine groups is 1. The van der Waals surface area contributed by atoms with Gasteiger partial charge in [0.2, 0.25) is 0 Å². The van der Waals surface area contributed by atoms with Crippen LogP contribution in [-0.2, 0) is 12.8 Å². The molecule has 0 saturated carbocycles. The van der Waals surface area contributed by atoms with Crippen LogP contribution in [0.1, 0.15) is 21.5 Å². The maximum absolute atomic E-state index is 12.4. The average molecular weight is 356 g/mol. The smallest absolute Gasteiger partial charge is 0.285 e. The minimum atomic E-state index is -0.864. The molecule has 3 rings (SSSR count). The summed E-state index contributed by atoms with van der Waals surface area (Å²) in [5, 5.41) is 23.6. The second-order valence-corrected chi connectivity index (χ2v) is 5.91.